The van der Waals surface area contributed by atoms with Gasteiger partial charge in [-0.05, 0) is 38.2 Å². The van der Waals surface area contributed by atoms with Crippen molar-refractivity contribution in [2.24, 2.45) is 0 Å². The second-order valence-corrected chi connectivity index (χ2v) is 7.53. The maximum Gasteiger partial charge on any atom is 0.347 e. The zero-order valence-electron chi connectivity index (χ0n) is 19.1. The first kappa shape index (κ1) is 27.1. The first-order valence-corrected chi connectivity index (χ1v) is 11.5. The van der Waals surface area contributed by atoms with Gasteiger partial charge in [0.25, 0.3) is 5.91 Å². The molecule has 0 aliphatic rings. The molecule has 1 aromatic rings. The highest BCUT2D eigenvalue weighted by molar-refractivity contribution is 8.03. The van der Waals surface area contributed by atoms with Crippen molar-refractivity contribution in [2.45, 2.75) is 40.0 Å². The lowest BCUT2D eigenvalue weighted by Crippen LogP contribution is -2.21. The molecule has 0 fully saturated rings. The molecule has 9 heteroatoms. The number of thioether (sulfide) groups is 1. The summed E-state index contributed by atoms with van der Waals surface area (Å²) in [6.07, 6.45) is 5.66. The van der Waals surface area contributed by atoms with Crippen LogP contribution in [0, 0.1) is 0 Å². The van der Waals surface area contributed by atoms with Crippen molar-refractivity contribution >= 4 is 35.3 Å². The van der Waals surface area contributed by atoms with E-state index in [1.807, 2.05) is 0 Å². The first-order chi connectivity index (χ1) is 15.5. The van der Waals surface area contributed by atoms with E-state index in [1.165, 1.54) is 31.1 Å². The van der Waals surface area contributed by atoms with Crippen LogP contribution in [0.15, 0.2) is 47.1 Å². The number of benzene rings is 1. The lowest BCUT2D eigenvalue weighted by atomic mass is 10.3. The van der Waals surface area contributed by atoms with Gasteiger partial charge < -0.3 is 24.8 Å². The molecule has 2 N–H and O–H groups in total. The Balaban J connectivity index is 3.06. The highest BCUT2D eigenvalue weighted by Gasteiger charge is 2.21. The molecule has 0 bridgehead atoms. The van der Waals surface area contributed by atoms with Gasteiger partial charge in [0.1, 0.15) is 5.75 Å². The molecule has 32 heavy (non-hydrogen) atoms. The number of carbonyl (C=O) groups is 3. The van der Waals surface area contributed by atoms with Crippen LogP contribution in [0.3, 0.4) is 0 Å². The van der Waals surface area contributed by atoms with Crippen LogP contribution in [-0.4, -0.2) is 43.9 Å². The number of methoxy groups -OCH3 is 1. The fourth-order valence-corrected chi connectivity index (χ4v) is 3.36. The topological polar surface area (TPSA) is 103 Å². The SMILES string of the molecule is CCCCCSC(=CC(=O)Nc1ccccc1OC)NC=C(C(=O)OCC)C(=O)OCC. The second-order valence-electron chi connectivity index (χ2n) is 6.40. The molecule has 0 saturated heterocycles. The van der Waals surface area contributed by atoms with Gasteiger partial charge >= 0.3 is 11.9 Å². The van der Waals surface area contributed by atoms with Crippen LogP contribution in [0.1, 0.15) is 40.0 Å². The van der Waals surface area contributed by atoms with Crippen LogP contribution < -0.4 is 15.4 Å². The molecule has 0 spiro atoms. The number of hydrogen-bond acceptors (Lipinski definition) is 8. The van der Waals surface area contributed by atoms with Gasteiger partial charge in [0, 0.05) is 12.3 Å². The van der Waals surface area contributed by atoms with E-state index in [2.05, 4.69) is 17.6 Å². The minimum atomic E-state index is -0.799. The molecule has 0 radical (unpaired) electrons. The number of carbonyl (C=O) groups excluding carboxylic acids is 3. The number of rotatable bonds is 14. The Morgan fingerprint density at radius 2 is 1.66 bits per heavy atom. The summed E-state index contributed by atoms with van der Waals surface area (Å²) in [5.41, 5.74) is 0.250. The Morgan fingerprint density at radius 1 is 1.00 bits per heavy atom. The van der Waals surface area contributed by atoms with E-state index in [0.717, 1.165) is 25.0 Å². The zero-order valence-corrected chi connectivity index (χ0v) is 19.9. The number of amides is 1. The fraction of sp³-hybridized carbons (Fsp3) is 0.435. The molecule has 0 aliphatic carbocycles. The van der Waals surface area contributed by atoms with E-state index in [9.17, 15) is 14.4 Å². The summed E-state index contributed by atoms with van der Waals surface area (Å²) in [5.74, 6) is -0.691. The molecule has 1 amide bonds. The van der Waals surface area contributed by atoms with Crippen LogP contribution in [0.25, 0.3) is 0 Å². The van der Waals surface area contributed by atoms with Gasteiger partial charge in [-0.2, -0.15) is 0 Å². The van der Waals surface area contributed by atoms with Gasteiger partial charge in [-0.3, -0.25) is 4.79 Å². The number of hydrogen-bond donors (Lipinski definition) is 2. The molecule has 1 aromatic carbocycles. The number of esters is 2. The molecular formula is C23H32N2O6S. The molecule has 1 rings (SSSR count). The van der Waals surface area contributed by atoms with E-state index >= 15 is 0 Å². The largest absolute Gasteiger partial charge is 0.495 e. The third-order valence-electron chi connectivity index (χ3n) is 3.98. The van der Waals surface area contributed by atoms with E-state index < -0.39 is 11.9 Å². The molecule has 176 valence electrons. The van der Waals surface area contributed by atoms with Crippen LogP contribution in [0.2, 0.25) is 0 Å². The van der Waals surface area contributed by atoms with Crippen LogP contribution in [0.4, 0.5) is 5.69 Å². The second kappa shape index (κ2) is 15.8. The van der Waals surface area contributed by atoms with Gasteiger partial charge in [0.05, 0.1) is 31.0 Å². The molecule has 8 nitrogen and oxygen atoms in total. The summed E-state index contributed by atoms with van der Waals surface area (Å²) in [6, 6.07) is 7.06. The van der Waals surface area contributed by atoms with Crippen molar-refractivity contribution in [3.63, 3.8) is 0 Å². The van der Waals surface area contributed by atoms with E-state index in [-0.39, 0.29) is 24.7 Å². The number of nitrogens with one attached hydrogen (secondary N) is 2. The third kappa shape index (κ3) is 9.91. The standard InChI is InChI=1S/C23H32N2O6S/c1-5-8-11-14-32-21(15-20(26)25-18-12-9-10-13-19(18)29-4)24-16-17(22(27)30-6-2)23(28)31-7-3/h9-10,12-13,15-16,24H,5-8,11,14H2,1-4H3,(H,25,26). The van der Waals surface area contributed by atoms with Crippen molar-refractivity contribution in [3.8, 4) is 5.75 Å². The van der Waals surface area contributed by atoms with Crippen LogP contribution in [0.5, 0.6) is 5.75 Å². The normalized spacial score (nSPS) is 10.7. The minimum absolute atomic E-state index is 0.116. The molecule has 0 aliphatic heterocycles. The maximum atomic E-state index is 12.6. The van der Waals surface area contributed by atoms with Gasteiger partial charge in [0.15, 0.2) is 5.57 Å². The number of ether oxygens (including phenoxy) is 3. The van der Waals surface area contributed by atoms with Crippen molar-refractivity contribution in [1.29, 1.82) is 0 Å². The number of anilines is 1. The van der Waals surface area contributed by atoms with Crippen molar-refractivity contribution in [2.75, 3.05) is 31.4 Å². The summed E-state index contributed by atoms with van der Waals surface area (Å²) < 4.78 is 15.1. The van der Waals surface area contributed by atoms with Crippen molar-refractivity contribution in [1.82, 2.24) is 5.32 Å². The van der Waals surface area contributed by atoms with E-state index in [4.69, 9.17) is 14.2 Å². The molecular weight excluding hydrogens is 432 g/mol. The van der Waals surface area contributed by atoms with Crippen LogP contribution in [-0.2, 0) is 23.9 Å². The highest BCUT2D eigenvalue weighted by atomic mass is 32.2. The van der Waals surface area contributed by atoms with Crippen molar-refractivity contribution < 1.29 is 28.6 Å². The summed E-state index contributed by atoms with van der Waals surface area (Å²) in [4.78, 5) is 36.9. The smallest absolute Gasteiger partial charge is 0.347 e. The lowest BCUT2D eigenvalue weighted by Gasteiger charge is -2.11. The van der Waals surface area contributed by atoms with Gasteiger partial charge in [0.2, 0.25) is 0 Å². The average Bonchev–Trinajstić information content (AvgIpc) is 2.77. The van der Waals surface area contributed by atoms with E-state index in [0.29, 0.717) is 16.5 Å². The van der Waals surface area contributed by atoms with Crippen LogP contribution >= 0.6 is 11.8 Å². The summed E-state index contributed by atoms with van der Waals surface area (Å²) in [7, 11) is 1.52. The summed E-state index contributed by atoms with van der Waals surface area (Å²) in [6.45, 7) is 5.63. The zero-order chi connectivity index (χ0) is 23.8. The predicted molar refractivity (Wildman–Crippen MR) is 126 cm³/mol. The monoisotopic (exact) mass is 464 g/mol. The molecule has 0 saturated carbocycles. The molecule has 0 aromatic heterocycles. The molecule has 0 atom stereocenters. The maximum absolute atomic E-state index is 12.6. The van der Waals surface area contributed by atoms with Gasteiger partial charge in [-0.25, -0.2) is 9.59 Å². The number of para-hydroxylation sites is 2. The summed E-state index contributed by atoms with van der Waals surface area (Å²) in [5, 5.41) is 6.13. The Morgan fingerprint density at radius 3 is 2.25 bits per heavy atom. The Labute approximate surface area is 193 Å². The highest BCUT2D eigenvalue weighted by Crippen LogP contribution is 2.23. The third-order valence-corrected chi connectivity index (χ3v) is 5.02. The predicted octanol–water partition coefficient (Wildman–Crippen LogP) is 4.00. The molecule has 0 unspecified atom stereocenters. The number of unbranched alkanes of at least 4 members (excludes halogenated alkanes) is 2. The Bertz CT molecular complexity index is 802. The lowest BCUT2D eigenvalue weighted by molar-refractivity contribution is -0.146. The minimum Gasteiger partial charge on any atom is -0.495 e. The van der Waals surface area contributed by atoms with Gasteiger partial charge in [-0.1, -0.05) is 31.9 Å². The summed E-state index contributed by atoms with van der Waals surface area (Å²) >= 11 is 1.41. The van der Waals surface area contributed by atoms with Gasteiger partial charge in [-0.15, -0.1) is 11.8 Å². The van der Waals surface area contributed by atoms with E-state index in [1.54, 1.807) is 38.1 Å². The first-order valence-electron chi connectivity index (χ1n) is 10.6. The Kier molecular flexibility index (Phi) is 13.4. The van der Waals surface area contributed by atoms with Crippen molar-refractivity contribution in [3.05, 3.63) is 47.1 Å². The fourth-order valence-electron chi connectivity index (χ4n) is 2.46. The quantitative estimate of drug-likeness (QED) is 0.140. The average molecular weight is 465 g/mol. The Hall–Kier alpha value is -2.94. The molecule has 0 heterocycles.